The minimum absolute atomic E-state index is 0.346. The molecule has 2 heterocycles. The van der Waals surface area contributed by atoms with Crippen molar-refractivity contribution in [1.29, 1.82) is 0 Å². The van der Waals surface area contributed by atoms with Crippen molar-refractivity contribution in [1.82, 2.24) is 9.80 Å². The lowest BCUT2D eigenvalue weighted by Crippen LogP contribution is -2.42. The van der Waals surface area contributed by atoms with Gasteiger partial charge in [-0.05, 0) is 48.1 Å². The fourth-order valence-corrected chi connectivity index (χ4v) is 3.80. The second-order valence-corrected chi connectivity index (χ2v) is 7.20. The third-order valence-electron chi connectivity index (χ3n) is 4.58. The molecular weight excluding hydrogens is 280 g/mol. The summed E-state index contributed by atoms with van der Waals surface area (Å²) >= 11 is 1.74. The van der Waals surface area contributed by atoms with Crippen LogP contribution in [0.15, 0.2) is 16.8 Å². The highest BCUT2D eigenvalue weighted by Gasteiger charge is 2.31. The first-order chi connectivity index (χ1) is 10.3. The second-order valence-electron chi connectivity index (χ2n) is 6.42. The Bertz CT molecular complexity index is 434. The van der Waals surface area contributed by atoms with E-state index in [0.29, 0.717) is 18.5 Å². The zero-order chi connectivity index (χ0) is 14.5. The van der Waals surface area contributed by atoms with Crippen molar-refractivity contribution in [2.24, 2.45) is 0 Å². The standard InChI is InChI=1S/C17H26N2OS/c20-17(18-9-4-2-1-3-5-10-18)13-19(16-6-7-16)12-15-8-11-21-14-15/h8,11,14,16H,1-7,9-10,12-13H2. The van der Waals surface area contributed by atoms with Crippen LogP contribution in [0.5, 0.6) is 0 Å². The zero-order valence-electron chi connectivity index (χ0n) is 12.8. The van der Waals surface area contributed by atoms with E-state index in [1.807, 2.05) is 0 Å². The highest BCUT2D eigenvalue weighted by Crippen LogP contribution is 2.28. The summed E-state index contributed by atoms with van der Waals surface area (Å²) in [5.74, 6) is 0.346. The van der Waals surface area contributed by atoms with Gasteiger partial charge in [0.25, 0.3) is 0 Å². The normalized spacial score (nSPS) is 20.3. The molecule has 21 heavy (non-hydrogen) atoms. The number of carbonyl (C=O) groups excluding carboxylic acids is 1. The molecule has 0 aromatic carbocycles. The minimum Gasteiger partial charge on any atom is -0.342 e. The third-order valence-corrected chi connectivity index (χ3v) is 5.31. The first kappa shape index (κ1) is 15.0. The number of hydrogen-bond acceptors (Lipinski definition) is 3. The highest BCUT2D eigenvalue weighted by atomic mass is 32.1. The zero-order valence-corrected chi connectivity index (χ0v) is 13.6. The summed E-state index contributed by atoms with van der Waals surface area (Å²) in [6, 6.07) is 2.82. The third kappa shape index (κ3) is 4.55. The predicted molar refractivity (Wildman–Crippen MR) is 87.4 cm³/mol. The van der Waals surface area contributed by atoms with Gasteiger partial charge >= 0.3 is 0 Å². The van der Waals surface area contributed by atoms with Gasteiger partial charge in [0.05, 0.1) is 6.54 Å². The average Bonchev–Trinajstić information content (AvgIpc) is 3.16. The van der Waals surface area contributed by atoms with Gasteiger partial charge in [-0.15, -0.1) is 0 Å². The molecule has 1 aromatic heterocycles. The van der Waals surface area contributed by atoms with E-state index in [1.54, 1.807) is 11.3 Å². The van der Waals surface area contributed by atoms with Gasteiger partial charge in [0.15, 0.2) is 0 Å². The summed E-state index contributed by atoms with van der Waals surface area (Å²) in [6.07, 6.45) is 8.79. The second kappa shape index (κ2) is 7.41. The molecule has 0 N–H and O–H groups in total. The van der Waals surface area contributed by atoms with E-state index < -0.39 is 0 Å². The van der Waals surface area contributed by atoms with Gasteiger partial charge < -0.3 is 4.90 Å². The molecule has 2 aliphatic rings. The van der Waals surface area contributed by atoms with E-state index in [4.69, 9.17) is 0 Å². The molecule has 1 saturated heterocycles. The predicted octanol–water partition coefficient (Wildman–Crippen LogP) is 3.51. The van der Waals surface area contributed by atoms with Crippen molar-refractivity contribution in [2.45, 2.75) is 57.5 Å². The fraction of sp³-hybridized carbons (Fsp3) is 0.706. The number of amides is 1. The molecule has 0 unspecified atom stereocenters. The van der Waals surface area contributed by atoms with Crippen LogP contribution in [0.2, 0.25) is 0 Å². The molecule has 1 aliphatic heterocycles. The number of rotatable bonds is 5. The average molecular weight is 306 g/mol. The Morgan fingerprint density at radius 1 is 1.19 bits per heavy atom. The van der Waals surface area contributed by atoms with Crippen molar-refractivity contribution in [2.75, 3.05) is 19.6 Å². The summed E-state index contributed by atoms with van der Waals surface area (Å²) in [4.78, 5) is 17.1. The van der Waals surface area contributed by atoms with Gasteiger partial charge in [-0.3, -0.25) is 9.69 Å². The van der Waals surface area contributed by atoms with E-state index in [1.165, 1.54) is 50.5 Å². The van der Waals surface area contributed by atoms with Crippen LogP contribution in [0, 0.1) is 0 Å². The first-order valence-corrected chi connectivity index (χ1v) is 9.30. The maximum absolute atomic E-state index is 12.6. The Labute approximate surface area is 131 Å². The van der Waals surface area contributed by atoms with Crippen LogP contribution >= 0.6 is 11.3 Å². The number of hydrogen-bond donors (Lipinski definition) is 0. The van der Waals surface area contributed by atoms with Crippen LogP contribution in [-0.2, 0) is 11.3 Å². The van der Waals surface area contributed by atoms with Gasteiger partial charge in [-0.25, -0.2) is 0 Å². The van der Waals surface area contributed by atoms with Crippen LogP contribution in [0.4, 0.5) is 0 Å². The Hall–Kier alpha value is -0.870. The molecule has 1 aliphatic carbocycles. The minimum atomic E-state index is 0.346. The van der Waals surface area contributed by atoms with Crippen LogP contribution in [0.1, 0.15) is 50.5 Å². The van der Waals surface area contributed by atoms with Gasteiger partial charge in [-0.1, -0.05) is 19.3 Å². The Balaban J connectivity index is 1.55. The molecule has 0 bridgehead atoms. The summed E-state index contributed by atoms with van der Waals surface area (Å²) in [5.41, 5.74) is 1.35. The molecule has 0 spiro atoms. The van der Waals surface area contributed by atoms with Crippen LogP contribution < -0.4 is 0 Å². The molecule has 4 heteroatoms. The number of nitrogens with zero attached hydrogens (tertiary/aromatic N) is 2. The molecule has 3 nitrogen and oxygen atoms in total. The van der Waals surface area contributed by atoms with Gasteiger partial charge in [0, 0.05) is 25.7 Å². The molecule has 0 atom stereocenters. The van der Waals surface area contributed by atoms with Gasteiger partial charge in [0.1, 0.15) is 0 Å². The van der Waals surface area contributed by atoms with E-state index in [9.17, 15) is 4.79 Å². The molecule has 1 aromatic rings. The maximum atomic E-state index is 12.6. The Morgan fingerprint density at radius 3 is 2.52 bits per heavy atom. The number of carbonyl (C=O) groups is 1. The van der Waals surface area contributed by atoms with E-state index in [0.717, 1.165) is 19.6 Å². The molecule has 0 radical (unpaired) electrons. The van der Waals surface area contributed by atoms with Crippen molar-refractivity contribution in [3.8, 4) is 0 Å². The van der Waals surface area contributed by atoms with Crippen molar-refractivity contribution < 1.29 is 4.79 Å². The molecule has 2 fully saturated rings. The molecule has 1 amide bonds. The smallest absolute Gasteiger partial charge is 0.236 e. The van der Waals surface area contributed by atoms with Crippen molar-refractivity contribution >= 4 is 17.2 Å². The SMILES string of the molecule is O=C(CN(Cc1ccsc1)C1CC1)N1CCCCCCC1. The van der Waals surface area contributed by atoms with Crippen LogP contribution in [0.3, 0.4) is 0 Å². The fourth-order valence-electron chi connectivity index (χ4n) is 3.14. The summed E-state index contributed by atoms with van der Waals surface area (Å²) < 4.78 is 0. The highest BCUT2D eigenvalue weighted by molar-refractivity contribution is 7.07. The number of thiophene rings is 1. The monoisotopic (exact) mass is 306 g/mol. The maximum Gasteiger partial charge on any atom is 0.236 e. The lowest BCUT2D eigenvalue weighted by atomic mass is 10.1. The van der Waals surface area contributed by atoms with E-state index in [2.05, 4.69) is 26.6 Å². The topological polar surface area (TPSA) is 23.6 Å². The van der Waals surface area contributed by atoms with E-state index >= 15 is 0 Å². The summed E-state index contributed by atoms with van der Waals surface area (Å²) in [6.45, 7) is 3.49. The summed E-state index contributed by atoms with van der Waals surface area (Å²) in [5, 5.41) is 4.33. The summed E-state index contributed by atoms with van der Waals surface area (Å²) in [7, 11) is 0. The van der Waals surface area contributed by atoms with Gasteiger partial charge in [0.2, 0.25) is 5.91 Å². The van der Waals surface area contributed by atoms with Crippen molar-refractivity contribution in [3.05, 3.63) is 22.4 Å². The van der Waals surface area contributed by atoms with Crippen LogP contribution in [-0.4, -0.2) is 41.4 Å². The van der Waals surface area contributed by atoms with Crippen LogP contribution in [0.25, 0.3) is 0 Å². The molecule has 1 saturated carbocycles. The lowest BCUT2D eigenvalue weighted by Gasteiger charge is -2.28. The Kier molecular flexibility index (Phi) is 5.31. The molecular formula is C17H26N2OS. The first-order valence-electron chi connectivity index (χ1n) is 8.36. The van der Waals surface area contributed by atoms with Crippen molar-refractivity contribution in [3.63, 3.8) is 0 Å². The largest absolute Gasteiger partial charge is 0.342 e. The van der Waals surface area contributed by atoms with Gasteiger partial charge in [-0.2, -0.15) is 11.3 Å². The number of likely N-dealkylation sites (tertiary alicyclic amines) is 1. The lowest BCUT2D eigenvalue weighted by molar-refractivity contribution is -0.133. The van der Waals surface area contributed by atoms with E-state index in [-0.39, 0.29) is 0 Å². The molecule has 116 valence electrons. The quantitative estimate of drug-likeness (QED) is 0.831. The molecule has 3 rings (SSSR count). The Morgan fingerprint density at radius 2 is 1.90 bits per heavy atom.